The number of fused-ring (bicyclic) bond motifs is 1. The molecule has 0 radical (unpaired) electrons. The van der Waals surface area contributed by atoms with Gasteiger partial charge in [0.1, 0.15) is 5.58 Å². The molecule has 12 heteroatoms. The molecule has 3 N–H and O–H groups in total. The molecule has 1 heterocycles. The predicted octanol–water partition coefficient (Wildman–Crippen LogP) is 3.98. The van der Waals surface area contributed by atoms with Crippen molar-refractivity contribution < 1.29 is 35.9 Å². The van der Waals surface area contributed by atoms with Crippen LogP contribution in [-0.2, 0) is 16.2 Å². The number of para-hydroxylation sites is 1. The fourth-order valence-corrected chi connectivity index (χ4v) is 4.23. The van der Waals surface area contributed by atoms with Gasteiger partial charge in [0.2, 0.25) is 5.09 Å². The molecule has 8 nitrogen and oxygen atoms in total. The molecule has 2 aromatic carbocycles. The number of hydrogen-bond acceptors (Lipinski definition) is 6. The highest BCUT2D eigenvalue weighted by Gasteiger charge is 2.33. The second kappa shape index (κ2) is 8.87. The van der Waals surface area contributed by atoms with Crippen LogP contribution < -0.4 is 15.5 Å². The third-order valence-electron chi connectivity index (χ3n) is 4.76. The number of carbonyl (C=O) groups is 1. The van der Waals surface area contributed by atoms with Crippen LogP contribution in [0.25, 0.3) is 11.0 Å². The van der Waals surface area contributed by atoms with Crippen LogP contribution in [0.1, 0.15) is 41.4 Å². The lowest BCUT2D eigenvalue weighted by molar-refractivity contribution is -0.137. The lowest BCUT2D eigenvalue weighted by Gasteiger charge is -2.20. The first kappa shape index (κ1) is 24.3. The Labute approximate surface area is 186 Å². The second-order valence-corrected chi connectivity index (χ2v) is 8.79. The van der Waals surface area contributed by atoms with Gasteiger partial charge in [-0.2, -0.15) is 13.2 Å². The third kappa shape index (κ3) is 5.01. The molecule has 33 heavy (non-hydrogen) atoms. The van der Waals surface area contributed by atoms with Gasteiger partial charge in [0.15, 0.2) is 5.43 Å². The number of benzene rings is 2. The summed E-state index contributed by atoms with van der Waals surface area (Å²) in [4.78, 5) is 24.1. The smallest absolute Gasteiger partial charge is 0.416 e. The maximum Gasteiger partial charge on any atom is 0.416 e. The molecule has 0 spiro atoms. The Morgan fingerprint density at radius 3 is 2.45 bits per heavy atom. The summed E-state index contributed by atoms with van der Waals surface area (Å²) in [7, 11) is -4.22. The van der Waals surface area contributed by atoms with Gasteiger partial charge in [-0.3, -0.25) is 4.79 Å². The fraction of sp³-hybridized carbons (Fsp3) is 0.238. The molecule has 0 aliphatic carbocycles. The highest BCUT2D eigenvalue weighted by atomic mass is 32.2. The van der Waals surface area contributed by atoms with Crippen LogP contribution in [0.2, 0.25) is 0 Å². The van der Waals surface area contributed by atoms with Crippen molar-refractivity contribution >= 4 is 32.6 Å². The molecule has 1 unspecified atom stereocenters. The lowest BCUT2D eigenvalue weighted by atomic mass is 10.00. The zero-order chi connectivity index (χ0) is 24.6. The van der Waals surface area contributed by atoms with Gasteiger partial charge in [-0.25, -0.2) is 17.9 Å². The van der Waals surface area contributed by atoms with Crippen molar-refractivity contribution in [2.24, 2.45) is 0 Å². The van der Waals surface area contributed by atoms with Crippen molar-refractivity contribution in [3.8, 4) is 0 Å². The summed E-state index contributed by atoms with van der Waals surface area (Å²) >= 11 is 0. The first-order valence-electron chi connectivity index (χ1n) is 9.62. The van der Waals surface area contributed by atoms with Crippen LogP contribution in [0.15, 0.2) is 56.8 Å². The van der Waals surface area contributed by atoms with E-state index in [-0.39, 0.29) is 28.9 Å². The van der Waals surface area contributed by atoms with Crippen molar-refractivity contribution in [1.82, 2.24) is 4.72 Å². The number of anilines is 1. The quantitative estimate of drug-likeness (QED) is 0.463. The number of aromatic carboxylic acids is 1. The minimum atomic E-state index is -4.80. The van der Waals surface area contributed by atoms with E-state index in [0.717, 1.165) is 6.07 Å². The Hall–Kier alpha value is -3.38. The van der Waals surface area contributed by atoms with Gasteiger partial charge in [-0.05, 0) is 31.2 Å². The molecule has 0 aliphatic heterocycles. The van der Waals surface area contributed by atoms with Crippen LogP contribution >= 0.6 is 0 Å². The molecule has 0 fully saturated rings. The Bertz CT molecular complexity index is 1380. The van der Waals surface area contributed by atoms with Crippen molar-refractivity contribution in [2.45, 2.75) is 31.2 Å². The number of sulfonamides is 1. The molecule has 1 aromatic heterocycles. The second-order valence-electron chi connectivity index (χ2n) is 7.09. The normalized spacial score (nSPS) is 13.1. The molecular formula is C21H19F3N2O6S. The minimum absolute atomic E-state index is 0.00607. The summed E-state index contributed by atoms with van der Waals surface area (Å²) in [5.41, 5.74) is -2.66. The van der Waals surface area contributed by atoms with Gasteiger partial charge in [-0.1, -0.05) is 19.1 Å². The first-order valence-corrected chi connectivity index (χ1v) is 11.1. The molecule has 0 saturated carbocycles. The van der Waals surface area contributed by atoms with Crippen LogP contribution in [0.4, 0.5) is 18.9 Å². The summed E-state index contributed by atoms with van der Waals surface area (Å²) in [5.74, 6) is -1.26. The van der Waals surface area contributed by atoms with Crippen molar-refractivity contribution in [2.75, 3.05) is 11.9 Å². The van der Waals surface area contributed by atoms with Crippen LogP contribution in [0.5, 0.6) is 0 Å². The predicted molar refractivity (Wildman–Crippen MR) is 114 cm³/mol. The van der Waals surface area contributed by atoms with Crippen LogP contribution in [0.3, 0.4) is 0 Å². The number of carboxylic acids is 1. The van der Waals surface area contributed by atoms with Crippen molar-refractivity contribution in [3.63, 3.8) is 0 Å². The summed E-state index contributed by atoms with van der Waals surface area (Å²) in [5, 5.41) is 11.0. The Morgan fingerprint density at radius 1 is 1.18 bits per heavy atom. The number of rotatable bonds is 7. The molecule has 0 saturated heterocycles. The van der Waals surface area contributed by atoms with Crippen LogP contribution in [-0.4, -0.2) is 26.0 Å². The minimum Gasteiger partial charge on any atom is -0.478 e. The molecule has 0 bridgehead atoms. The maximum absolute atomic E-state index is 13.5. The zero-order valence-electron chi connectivity index (χ0n) is 17.4. The van der Waals surface area contributed by atoms with E-state index >= 15 is 0 Å². The van der Waals surface area contributed by atoms with Crippen molar-refractivity contribution in [1.29, 1.82) is 0 Å². The molecule has 3 aromatic rings. The van der Waals surface area contributed by atoms with Crippen LogP contribution in [0, 0.1) is 0 Å². The van der Waals surface area contributed by atoms with E-state index in [0.29, 0.717) is 12.1 Å². The number of nitrogens with one attached hydrogen (secondary N) is 2. The summed E-state index contributed by atoms with van der Waals surface area (Å²) in [6.07, 6.45) is -4.80. The zero-order valence-corrected chi connectivity index (χ0v) is 18.2. The van der Waals surface area contributed by atoms with Gasteiger partial charge < -0.3 is 14.8 Å². The van der Waals surface area contributed by atoms with E-state index in [4.69, 9.17) is 4.42 Å². The van der Waals surface area contributed by atoms with E-state index < -0.39 is 49.7 Å². The highest BCUT2D eigenvalue weighted by Crippen LogP contribution is 2.36. The SMILES string of the molecule is CCNS(=O)(=O)c1cc(=O)c2cc(C(F)(F)F)cc(C(C)Nc3ccccc3C(=O)O)c2o1. The largest absolute Gasteiger partial charge is 0.478 e. The standard InChI is InChI=1S/C21H19F3N2O6S/c1-3-25-33(30,31)18-10-17(27)15-9-12(21(22,23)24)8-14(19(15)32-18)11(2)26-16-7-5-4-6-13(16)20(28)29/h4-11,25-26H,3H2,1-2H3,(H,28,29). The van der Waals surface area contributed by atoms with E-state index in [2.05, 4.69) is 10.0 Å². The van der Waals surface area contributed by atoms with E-state index in [1.54, 1.807) is 0 Å². The monoisotopic (exact) mass is 484 g/mol. The summed E-state index contributed by atoms with van der Waals surface area (Å²) < 4.78 is 72.8. The maximum atomic E-state index is 13.5. The summed E-state index contributed by atoms with van der Waals surface area (Å²) in [6.45, 7) is 2.93. The summed E-state index contributed by atoms with van der Waals surface area (Å²) in [6, 6.07) is 6.68. The van der Waals surface area contributed by atoms with E-state index in [1.165, 1.54) is 38.1 Å². The topological polar surface area (TPSA) is 126 Å². The van der Waals surface area contributed by atoms with Gasteiger partial charge >= 0.3 is 12.1 Å². The molecule has 3 rings (SSSR count). The Balaban J connectivity index is 2.26. The molecule has 0 aliphatic rings. The third-order valence-corrected chi connectivity index (χ3v) is 6.16. The number of hydrogen-bond donors (Lipinski definition) is 3. The van der Waals surface area contributed by atoms with Gasteiger partial charge in [-0.15, -0.1) is 0 Å². The fourth-order valence-electron chi connectivity index (χ4n) is 3.25. The molecular weight excluding hydrogens is 465 g/mol. The average molecular weight is 484 g/mol. The highest BCUT2D eigenvalue weighted by molar-refractivity contribution is 7.89. The average Bonchev–Trinajstić information content (AvgIpc) is 2.72. The van der Waals surface area contributed by atoms with Crippen molar-refractivity contribution in [3.05, 3.63) is 69.4 Å². The Kier molecular flexibility index (Phi) is 6.52. The number of carboxylic acid groups (broad SMARTS) is 1. The number of alkyl halides is 3. The number of halogens is 3. The van der Waals surface area contributed by atoms with E-state index in [1.807, 2.05) is 0 Å². The molecule has 176 valence electrons. The Morgan fingerprint density at radius 2 is 1.85 bits per heavy atom. The van der Waals surface area contributed by atoms with Gasteiger partial charge in [0.05, 0.1) is 22.6 Å². The first-order chi connectivity index (χ1) is 15.3. The van der Waals surface area contributed by atoms with Gasteiger partial charge in [0.25, 0.3) is 10.0 Å². The molecule has 1 atom stereocenters. The molecule has 0 amide bonds. The lowest BCUT2D eigenvalue weighted by Crippen LogP contribution is -2.24. The van der Waals surface area contributed by atoms with E-state index in [9.17, 15) is 36.3 Å². The van der Waals surface area contributed by atoms with Gasteiger partial charge in [0, 0.05) is 23.9 Å².